The molecule has 7 heteroatoms. The van der Waals surface area contributed by atoms with Gasteiger partial charge in [0.05, 0.1) is 5.39 Å². The molecule has 0 fully saturated rings. The Kier molecular flexibility index (Phi) is 2.72. The van der Waals surface area contributed by atoms with Crippen molar-refractivity contribution in [3.8, 4) is 11.9 Å². The van der Waals surface area contributed by atoms with E-state index in [2.05, 4.69) is 27.0 Å². The van der Waals surface area contributed by atoms with E-state index in [0.717, 1.165) is 34.8 Å². The molecule has 0 unspecified atom stereocenters. The van der Waals surface area contributed by atoms with Crippen LogP contribution in [0.15, 0.2) is 12.7 Å². The molecule has 0 N–H and O–H groups in total. The lowest BCUT2D eigenvalue weighted by Crippen LogP contribution is -2.09. The van der Waals surface area contributed by atoms with Crippen LogP contribution in [0.2, 0.25) is 0 Å². The fourth-order valence-corrected chi connectivity index (χ4v) is 4.19. The molecule has 1 aliphatic carbocycles. The standard InChI is InChI=1S/C14H12N6S/c1-8-2-3-9-10(4-8)21-14-12(9)13(16-6-17-14)20-7-18-11(5-15)19-20/h6-8H,2-4H2,1H3/t8-/m0/s1. The number of hydrogen-bond acceptors (Lipinski definition) is 6. The third kappa shape index (κ3) is 1.91. The molecule has 21 heavy (non-hydrogen) atoms. The fraction of sp³-hybridized carbons (Fsp3) is 0.357. The van der Waals surface area contributed by atoms with Crippen molar-refractivity contribution in [1.29, 1.82) is 5.26 Å². The van der Waals surface area contributed by atoms with Crippen LogP contribution >= 0.6 is 11.3 Å². The molecular weight excluding hydrogens is 284 g/mol. The average molecular weight is 296 g/mol. The molecule has 0 aliphatic heterocycles. The second kappa shape index (κ2) is 4.60. The van der Waals surface area contributed by atoms with Gasteiger partial charge in [-0.05, 0) is 30.7 Å². The smallest absolute Gasteiger partial charge is 0.225 e. The third-order valence-corrected chi connectivity index (χ3v) is 5.04. The van der Waals surface area contributed by atoms with Gasteiger partial charge in [0, 0.05) is 4.88 Å². The van der Waals surface area contributed by atoms with E-state index in [-0.39, 0.29) is 5.82 Å². The van der Waals surface area contributed by atoms with E-state index in [1.165, 1.54) is 23.2 Å². The number of nitriles is 1. The monoisotopic (exact) mass is 296 g/mol. The van der Waals surface area contributed by atoms with Crippen LogP contribution in [0.4, 0.5) is 0 Å². The topological polar surface area (TPSA) is 80.3 Å². The summed E-state index contributed by atoms with van der Waals surface area (Å²) in [7, 11) is 0. The minimum atomic E-state index is 0.152. The first-order valence-electron chi connectivity index (χ1n) is 6.83. The van der Waals surface area contributed by atoms with Gasteiger partial charge in [0.2, 0.25) is 0 Å². The Labute approximate surface area is 125 Å². The minimum Gasteiger partial charge on any atom is -0.225 e. The predicted octanol–water partition coefficient (Wildman–Crippen LogP) is 2.27. The van der Waals surface area contributed by atoms with Crippen LogP contribution in [0.5, 0.6) is 0 Å². The van der Waals surface area contributed by atoms with Crippen molar-refractivity contribution in [2.75, 3.05) is 0 Å². The zero-order valence-electron chi connectivity index (χ0n) is 11.4. The molecule has 104 valence electrons. The van der Waals surface area contributed by atoms with E-state index in [1.807, 2.05) is 6.07 Å². The number of aryl methyl sites for hydroxylation is 1. The number of fused-ring (bicyclic) bond motifs is 3. The normalized spacial score (nSPS) is 17.6. The van der Waals surface area contributed by atoms with E-state index in [4.69, 9.17) is 5.26 Å². The van der Waals surface area contributed by atoms with Crippen LogP contribution < -0.4 is 0 Å². The Hall–Kier alpha value is -2.33. The quantitative estimate of drug-likeness (QED) is 0.688. The predicted molar refractivity (Wildman–Crippen MR) is 78.2 cm³/mol. The summed E-state index contributed by atoms with van der Waals surface area (Å²) in [5.41, 5.74) is 1.35. The van der Waals surface area contributed by atoms with Crippen molar-refractivity contribution in [1.82, 2.24) is 24.7 Å². The van der Waals surface area contributed by atoms with E-state index in [0.29, 0.717) is 0 Å². The van der Waals surface area contributed by atoms with Crippen molar-refractivity contribution in [3.63, 3.8) is 0 Å². The summed E-state index contributed by atoms with van der Waals surface area (Å²) in [6.45, 7) is 2.29. The van der Waals surface area contributed by atoms with Crippen molar-refractivity contribution in [2.45, 2.75) is 26.2 Å². The Balaban J connectivity index is 1.96. The maximum absolute atomic E-state index is 8.87. The number of aromatic nitrogens is 5. The van der Waals surface area contributed by atoms with Gasteiger partial charge in [0.25, 0.3) is 5.82 Å². The molecule has 3 heterocycles. The lowest BCUT2D eigenvalue weighted by Gasteiger charge is -2.18. The van der Waals surface area contributed by atoms with E-state index >= 15 is 0 Å². The zero-order valence-corrected chi connectivity index (χ0v) is 12.3. The molecular formula is C14H12N6S. The summed E-state index contributed by atoms with van der Waals surface area (Å²) in [5.74, 6) is 1.60. The molecule has 0 saturated carbocycles. The molecule has 1 atom stereocenters. The Morgan fingerprint density at radius 1 is 1.38 bits per heavy atom. The molecule has 0 bridgehead atoms. The van der Waals surface area contributed by atoms with Gasteiger partial charge in [-0.2, -0.15) is 5.26 Å². The van der Waals surface area contributed by atoms with Gasteiger partial charge in [0.15, 0.2) is 5.82 Å². The van der Waals surface area contributed by atoms with E-state index < -0.39 is 0 Å². The minimum absolute atomic E-state index is 0.152. The zero-order chi connectivity index (χ0) is 14.4. The number of hydrogen-bond donors (Lipinski definition) is 0. The van der Waals surface area contributed by atoms with Crippen LogP contribution in [-0.2, 0) is 12.8 Å². The average Bonchev–Trinajstić information content (AvgIpc) is 3.10. The van der Waals surface area contributed by atoms with E-state index in [1.54, 1.807) is 22.3 Å². The van der Waals surface area contributed by atoms with Crippen LogP contribution in [0.1, 0.15) is 29.6 Å². The number of rotatable bonds is 1. The Bertz CT molecular complexity index is 871. The number of nitrogens with zero attached hydrogens (tertiary/aromatic N) is 6. The highest BCUT2D eigenvalue weighted by molar-refractivity contribution is 7.18. The Morgan fingerprint density at radius 3 is 3.10 bits per heavy atom. The molecule has 0 radical (unpaired) electrons. The maximum Gasteiger partial charge on any atom is 0.252 e. The Morgan fingerprint density at radius 2 is 2.29 bits per heavy atom. The molecule has 0 saturated heterocycles. The summed E-state index contributed by atoms with van der Waals surface area (Å²) in [5, 5.41) is 14.1. The van der Waals surface area contributed by atoms with Crippen LogP contribution in [0, 0.1) is 17.2 Å². The summed E-state index contributed by atoms with van der Waals surface area (Å²) in [6, 6.07) is 1.94. The summed E-state index contributed by atoms with van der Waals surface area (Å²) < 4.78 is 1.58. The first-order valence-corrected chi connectivity index (χ1v) is 7.65. The number of thiophene rings is 1. The van der Waals surface area contributed by atoms with Crippen LogP contribution in [0.3, 0.4) is 0 Å². The van der Waals surface area contributed by atoms with Gasteiger partial charge in [-0.25, -0.2) is 19.6 Å². The highest BCUT2D eigenvalue weighted by atomic mass is 32.1. The molecule has 3 aromatic heterocycles. The molecule has 0 spiro atoms. The first-order chi connectivity index (χ1) is 10.3. The van der Waals surface area contributed by atoms with Gasteiger partial charge in [0.1, 0.15) is 23.6 Å². The maximum atomic E-state index is 8.87. The third-order valence-electron chi connectivity index (χ3n) is 3.88. The molecule has 1 aliphatic rings. The van der Waals surface area contributed by atoms with Gasteiger partial charge in [-0.1, -0.05) is 6.92 Å². The molecule has 6 nitrogen and oxygen atoms in total. The highest BCUT2D eigenvalue weighted by Gasteiger charge is 2.23. The van der Waals surface area contributed by atoms with Crippen LogP contribution in [-0.4, -0.2) is 24.7 Å². The lowest BCUT2D eigenvalue weighted by molar-refractivity contribution is 0.509. The van der Waals surface area contributed by atoms with Crippen molar-refractivity contribution >= 4 is 21.6 Å². The largest absolute Gasteiger partial charge is 0.252 e. The van der Waals surface area contributed by atoms with Crippen LogP contribution in [0.25, 0.3) is 16.0 Å². The fourth-order valence-electron chi connectivity index (χ4n) is 2.85. The van der Waals surface area contributed by atoms with Gasteiger partial charge < -0.3 is 0 Å². The second-order valence-corrected chi connectivity index (χ2v) is 6.44. The van der Waals surface area contributed by atoms with Gasteiger partial charge in [-0.15, -0.1) is 16.4 Å². The van der Waals surface area contributed by atoms with Crippen molar-refractivity contribution in [2.24, 2.45) is 5.92 Å². The van der Waals surface area contributed by atoms with Gasteiger partial charge in [-0.3, -0.25) is 0 Å². The van der Waals surface area contributed by atoms with Crippen molar-refractivity contribution < 1.29 is 0 Å². The van der Waals surface area contributed by atoms with Crippen molar-refractivity contribution in [3.05, 3.63) is 28.9 Å². The molecule has 3 aromatic rings. The summed E-state index contributed by atoms with van der Waals surface area (Å²) in [4.78, 5) is 15.1. The summed E-state index contributed by atoms with van der Waals surface area (Å²) in [6.07, 6.45) is 6.44. The molecule has 0 aromatic carbocycles. The molecule has 4 rings (SSSR count). The second-order valence-electron chi connectivity index (χ2n) is 5.35. The van der Waals surface area contributed by atoms with E-state index in [9.17, 15) is 0 Å². The first kappa shape index (κ1) is 12.4. The molecule has 0 amide bonds. The lowest BCUT2D eigenvalue weighted by atomic mass is 9.89. The van der Waals surface area contributed by atoms with Gasteiger partial charge >= 0.3 is 0 Å². The summed E-state index contributed by atoms with van der Waals surface area (Å²) >= 11 is 1.75. The highest BCUT2D eigenvalue weighted by Crippen LogP contribution is 2.38. The SMILES string of the molecule is C[C@H]1CCc2c(sc3ncnc(-n4cnc(C#N)n4)c23)C1.